The number of halogens is 3. The summed E-state index contributed by atoms with van der Waals surface area (Å²) < 4.78 is 67.6. The Morgan fingerprint density at radius 1 is 1.23 bits per heavy atom. The average Bonchev–Trinajstić information content (AvgIpc) is 2.83. The first-order valence-corrected chi connectivity index (χ1v) is 6.99. The molecule has 1 aromatic carbocycles. The van der Waals surface area contributed by atoms with Crippen LogP contribution in [0, 0.1) is 0 Å². The molecule has 0 amide bonds. The quantitative estimate of drug-likeness (QED) is 0.886. The van der Waals surface area contributed by atoms with E-state index in [9.17, 15) is 26.4 Å². The summed E-state index contributed by atoms with van der Waals surface area (Å²) in [4.78, 5) is 10.7. The molecule has 0 aliphatic rings. The van der Waals surface area contributed by atoms with Crippen molar-refractivity contribution in [3.63, 3.8) is 0 Å². The molecule has 7 nitrogen and oxygen atoms in total. The van der Waals surface area contributed by atoms with E-state index in [1.54, 1.807) is 4.72 Å². The Morgan fingerprint density at radius 3 is 2.32 bits per heavy atom. The first kappa shape index (κ1) is 15.8. The second kappa shape index (κ2) is 5.33. The van der Waals surface area contributed by atoms with E-state index >= 15 is 0 Å². The SMILES string of the molecule is O=C(O)c1c(C(F)(F)F)noc1NS(=O)(=O)c1ccccc1. The Balaban J connectivity index is 2.47. The second-order valence-electron chi connectivity index (χ2n) is 3.96. The van der Waals surface area contributed by atoms with E-state index in [1.807, 2.05) is 0 Å². The Morgan fingerprint density at radius 2 is 1.82 bits per heavy atom. The molecule has 0 saturated carbocycles. The van der Waals surface area contributed by atoms with Crippen molar-refractivity contribution in [2.24, 2.45) is 0 Å². The lowest BCUT2D eigenvalue weighted by Gasteiger charge is -2.06. The number of aromatic nitrogens is 1. The molecule has 11 heteroatoms. The third-order valence-corrected chi connectivity index (χ3v) is 3.80. The van der Waals surface area contributed by atoms with Gasteiger partial charge in [-0.05, 0) is 12.1 Å². The fourth-order valence-corrected chi connectivity index (χ4v) is 2.55. The number of anilines is 1. The summed E-state index contributed by atoms with van der Waals surface area (Å²) in [5.41, 5.74) is -3.24. The van der Waals surface area contributed by atoms with Crippen LogP contribution in [0.1, 0.15) is 16.1 Å². The zero-order valence-electron chi connectivity index (χ0n) is 10.5. The maximum atomic E-state index is 12.6. The molecule has 118 valence electrons. The van der Waals surface area contributed by atoms with Gasteiger partial charge in [0.25, 0.3) is 15.9 Å². The van der Waals surface area contributed by atoms with Gasteiger partial charge in [-0.2, -0.15) is 13.2 Å². The van der Waals surface area contributed by atoms with E-state index in [0.29, 0.717) is 0 Å². The van der Waals surface area contributed by atoms with Crippen molar-refractivity contribution in [2.75, 3.05) is 4.72 Å². The number of aromatic carboxylic acids is 1. The average molecular weight is 336 g/mol. The molecule has 1 aromatic heterocycles. The number of nitrogens with one attached hydrogen (secondary N) is 1. The highest BCUT2D eigenvalue weighted by Gasteiger charge is 2.42. The van der Waals surface area contributed by atoms with Gasteiger partial charge in [-0.3, -0.25) is 0 Å². The largest absolute Gasteiger partial charge is 0.477 e. The van der Waals surface area contributed by atoms with E-state index in [2.05, 4.69) is 9.68 Å². The van der Waals surface area contributed by atoms with Gasteiger partial charge >= 0.3 is 12.1 Å². The molecule has 0 fully saturated rings. The summed E-state index contributed by atoms with van der Waals surface area (Å²) in [7, 11) is -4.32. The Labute approximate surface area is 121 Å². The van der Waals surface area contributed by atoms with Crippen molar-refractivity contribution < 1.29 is 36.0 Å². The molecule has 0 unspecified atom stereocenters. The molecule has 1 heterocycles. The van der Waals surface area contributed by atoms with Crippen LogP contribution in [-0.2, 0) is 16.2 Å². The highest BCUT2D eigenvalue weighted by molar-refractivity contribution is 7.92. The predicted molar refractivity (Wildman–Crippen MR) is 65.7 cm³/mol. The van der Waals surface area contributed by atoms with Gasteiger partial charge in [0.1, 0.15) is 0 Å². The number of carbonyl (C=O) groups is 1. The molecule has 0 aliphatic carbocycles. The number of hydrogen-bond donors (Lipinski definition) is 2. The Hall–Kier alpha value is -2.56. The number of sulfonamides is 1. The fraction of sp³-hybridized carbons (Fsp3) is 0.0909. The standard InChI is InChI=1S/C11H7F3N2O5S/c12-11(13,14)8-7(10(17)18)9(21-15-8)16-22(19,20)6-4-2-1-3-5-6/h1-5,16H,(H,17,18). The molecule has 0 atom stereocenters. The van der Waals surface area contributed by atoms with Crippen LogP contribution in [-0.4, -0.2) is 24.7 Å². The third-order valence-electron chi connectivity index (χ3n) is 2.46. The summed E-state index contributed by atoms with van der Waals surface area (Å²) in [6, 6.07) is 6.63. The molecule has 0 bridgehead atoms. The molecule has 2 N–H and O–H groups in total. The summed E-state index contributed by atoms with van der Waals surface area (Å²) in [5, 5.41) is 11.4. The maximum absolute atomic E-state index is 12.6. The number of carboxylic acids is 1. The molecule has 0 saturated heterocycles. The van der Waals surface area contributed by atoms with Crippen LogP contribution in [0.3, 0.4) is 0 Å². The predicted octanol–water partition coefficient (Wildman–Crippen LogP) is 2.19. The monoisotopic (exact) mass is 336 g/mol. The Kier molecular flexibility index (Phi) is 3.83. The van der Waals surface area contributed by atoms with Crippen LogP contribution in [0.15, 0.2) is 39.8 Å². The van der Waals surface area contributed by atoms with Gasteiger partial charge in [-0.25, -0.2) is 17.9 Å². The van der Waals surface area contributed by atoms with E-state index in [1.165, 1.54) is 30.3 Å². The molecule has 2 aromatic rings. The number of rotatable bonds is 4. The van der Waals surface area contributed by atoms with Crippen LogP contribution in [0.2, 0.25) is 0 Å². The minimum absolute atomic E-state index is 0.281. The lowest BCUT2D eigenvalue weighted by molar-refractivity contribution is -0.143. The minimum Gasteiger partial charge on any atom is -0.477 e. The number of alkyl halides is 3. The van der Waals surface area contributed by atoms with E-state index in [-0.39, 0.29) is 4.90 Å². The molecule has 22 heavy (non-hydrogen) atoms. The fourth-order valence-electron chi connectivity index (χ4n) is 1.53. The van der Waals surface area contributed by atoms with Crippen molar-refractivity contribution in [1.29, 1.82) is 0 Å². The second-order valence-corrected chi connectivity index (χ2v) is 5.64. The van der Waals surface area contributed by atoms with Crippen molar-refractivity contribution in [3.05, 3.63) is 41.6 Å². The molecular formula is C11H7F3N2O5S. The van der Waals surface area contributed by atoms with Crippen molar-refractivity contribution in [1.82, 2.24) is 5.16 Å². The van der Waals surface area contributed by atoms with Crippen LogP contribution in [0.4, 0.5) is 19.1 Å². The van der Waals surface area contributed by atoms with Crippen LogP contribution in [0.5, 0.6) is 0 Å². The van der Waals surface area contributed by atoms with Gasteiger partial charge in [0.15, 0.2) is 5.56 Å². The normalized spacial score (nSPS) is 12.1. The number of hydrogen-bond acceptors (Lipinski definition) is 5. The summed E-state index contributed by atoms with van der Waals surface area (Å²) in [6.07, 6.45) is -5.10. The Bertz CT molecular complexity index is 799. The molecular weight excluding hydrogens is 329 g/mol. The smallest absolute Gasteiger partial charge is 0.437 e. The van der Waals surface area contributed by atoms with Gasteiger partial charge in [0.2, 0.25) is 5.69 Å². The van der Waals surface area contributed by atoms with E-state index < -0.39 is 39.3 Å². The summed E-state index contributed by atoms with van der Waals surface area (Å²) in [6.45, 7) is 0. The lowest BCUT2D eigenvalue weighted by Crippen LogP contribution is -2.17. The number of nitrogens with zero attached hydrogens (tertiary/aromatic N) is 1. The minimum atomic E-state index is -5.10. The first-order valence-electron chi connectivity index (χ1n) is 5.51. The van der Waals surface area contributed by atoms with Gasteiger partial charge in [0, 0.05) is 0 Å². The van der Waals surface area contributed by atoms with Crippen LogP contribution < -0.4 is 4.72 Å². The van der Waals surface area contributed by atoms with E-state index in [0.717, 1.165) is 0 Å². The number of benzene rings is 1. The maximum Gasteiger partial charge on any atom is 0.437 e. The summed E-state index contributed by atoms with van der Waals surface area (Å²) in [5.74, 6) is -3.15. The molecule has 0 spiro atoms. The topological polar surface area (TPSA) is 110 Å². The first-order chi connectivity index (χ1) is 10.1. The van der Waals surface area contributed by atoms with Gasteiger partial charge < -0.3 is 9.63 Å². The summed E-state index contributed by atoms with van der Waals surface area (Å²) >= 11 is 0. The molecule has 2 rings (SSSR count). The highest BCUT2D eigenvalue weighted by atomic mass is 32.2. The van der Waals surface area contributed by atoms with Crippen LogP contribution in [0.25, 0.3) is 0 Å². The zero-order valence-corrected chi connectivity index (χ0v) is 11.3. The third kappa shape index (κ3) is 3.03. The van der Waals surface area contributed by atoms with Gasteiger partial charge in [-0.1, -0.05) is 23.4 Å². The highest BCUT2D eigenvalue weighted by Crippen LogP contribution is 2.35. The zero-order chi connectivity index (χ0) is 16.5. The lowest BCUT2D eigenvalue weighted by atomic mass is 10.2. The van der Waals surface area contributed by atoms with Crippen LogP contribution >= 0.6 is 0 Å². The molecule has 0 aliphatic heterocycles. The van der Waals surface area contributed by atoms with Crippen molar-refractivity contribution in [2.45, 2.75) is 11.1 Å². The van der Waals surface area contributed by atoms with Gasteiger partial charge in [0.05, 0.1) is 4.90 Å². The molecule has 0 radical (unpaired) electrons. The van der Waals surface area contributed by atoms with Crippen molar-refractivity contribution >= 4 is 21.9 Å². The van der Waals surface area contributed by atoms with Crippen molar-refractivity contribution in [3.8, 4) is 0 Å². The van der Waals surface area contributed by atoms with E-state index in [4.69, 9.17) is 5.11 Å². The number of carboxylic acid groups (broad SMARTS) is 1. The van der Waals surface area contributed by atoms with Gasteiger partial charge in [-0.15, -0.1) is 0 Å².